The second kappa shape index (κ2) is 10.1. The monoisotopic (exact) mass is 505 g/mol. The zero-order valence-electron chi connectivity index (χ0n) is 21.2. The Morgan fingerprint density at radius 3 is 2.62 bits per heavy atom. The molecule has 4 fully saturated rings. The number of piperidine rings is 3. The molecule has 1 N–H and O–H groups in total. The summed E-state index contributed by atoms with van der Waals surface area (Å²) in [6.45, 7) is 5.96. The predicted octanol–water partition coefficient (Wildman–Crippen LogP) is 1.73. The minimum Gasteiger partial charge on any atom is -0.495 e. The molecule has 4 atom stereocenters. The summed E-state index contributed by atoms with van der Waals surface area (Å²) in [5.74, 6) is 1.50. The molecule has 1 aromatic heterocycles. The Kier molecular flexibility index (Phi) is 6.54. The summed E-state index contributed by atoms with van der Waals surface area (Å²) in [7, 11) is 1.70. The van der Waals surface area contributed by atoms with Crippen LogP contribution in [-0.2, 0) is 11.3 Å². The fourth-order valence-corrected chi connectivity index (χ4v) is 6.46. The summed E-state index contributed by atoms with van der Waals surface area (Å²) >= 11 is 0. The van der Waals surface area contributed by atoms with Crippen molar-refractivity contribution in [1.29, 1.82) is 0 Å². The largest absolute Gasteiger partial charge is 0.495 e. The van der Waals surface area contributed by atoms with Crippen LogP contribution in [0.15, 0.2) is 54.7 Å². The lowest BCUT2D eigenvalue weighted by Crippen LogP contribution is -3.20. The van der Waals surface area contributed by atoms with Gasteiger partial charge in [-0.1, -0.05) is 17.3 Å². The topological polar surface area (TPSA) is 67.9 Å². The van der Waals surface area contributed by atoms with Crippen molar-refractivity contribution >= 4 is 11.6 Å². The number of ether oxygens (including phenoxy) is 1. The number of anilines is 1. The van der Waals surface area contributed by atoms with Crippen LogP contribution in [0.3, 0.4) is 0 Å². The number of nitrogens with zero attached hydrogens (tertiary/aromatic N) is 5. The van der Waals surface area contributed by atoms with Crippen molar-refractivity contribution in [1.82, 2.24) is 19.9 Å². The van der Waals surface area contributed by atoms with E-state index in [1.165, 1.54) is 17.0 Å². The number of rotatable bonds is 6. The molecular formula is C28H34FN6O2+. The summed E-state index contributed by atoms with van der Waals surface area (Å²) in [6, 6.07) is 14.9. The fourth-order valence-electron chi connectivity index (χ4n) is 6.46. The highest BCUT2D eigenvalue weighted by molar-refractivity contribution is 5.80. The summed E-state index contributed by atoms with van der Waals surface area (Å²) < 4.78 is 20.7. The lowest BCUT2D eigenvalue weighted by Gasteiger charge is -2.47. The number of aromatic nitrogens is 3. The van der Waals surface area contributed by atoms with Gasteiger partial charge in [0.2, 0.25) is 5.91 Å². The molecule has 9 heteroatoms. The normalized spacial score (nSPS) is 25.4. The second-order valence-corrected chi connectivity index (χ2v) is 10.5. The number of hydrogen-bond acceptors (Lipinski definition) is 5. The Balaban J connectivity index is 1.05. The van der Waals surface area contributed by atoms with Gasteiger partial charge in [-0.2, -0.15) is 0 Å². The first-order valence-electron chi connectivity index (χ1n) is 13.3. The van der Waals surface area contributed by atoms with Crippen molar-refractivity contribution in [2.24, 2.45) is 11.8 Å². The van der Waals surface area contributed by atoms with E-state index in [-0.39, 0.29) is 11.7 Å². The minimum atomic E-state index is -0.256. The summed E-state index contributed by atoms with van der Waals surface area (Å²) in [4.78, 5) is 19.5. The number of methoxy groups -OCH3 is 1. The van der Waals surface area contributed by atoms with E-state index in [9.17, 15) is 9.18 Å². The van der Waals surface area contributed by atoms with Crippen LogP contribution in [0.4, 0.5) is 10.1 Å². The van der Waals surface area contributed by atoms with Gasteiger partial charge in [0, 0.05) is 44.6 Å². The van der Waals surface area contributed by atoms with Gasteiger partial charge in [-0.25, -0.2) is 9.07 Å². The number of para-hydroxylation sites is 2. The molecule has 0 aliphatic carbocycles. The molecule has 1 amide bonds. The van der Waals surface area contributed by atoms with Crippen molar-refractivity contribution in [3.8, 4) is 17.0 Å². The van der Waals surface area contributed by atoms with Crippen LogP contribution in [-0.4, -0.2) is 78.2 Å². The fraction of sp³-hybridized carbons (Fsp3) is 0.464. The maximum absolute atomic E-state index is 13.6. The van der Waals surface area contributed by atoms with Crippen LogP contribution in [0.2, 0.25) is 0 Å². The minimum absolute atomic E-state index is 0.114. The first-order chi connectivity index (χ1) is 18.1. The zero-order valence-corrected chi connectivity index (χ0v) is 21.2. The molecule has 0 saturated carbocycles. The van der Waals surface area contributed by atoms with E-state index < -0.39 is 0 Å². The number of nitrogens with one attached hydrogen (secondary N) is 1. The van der Waals surface area contributed by atoms with Gasteiger partial charge in [0.25, 0.3) is 0 Å². The van der Waals surface area contributed by atoms with Crippen LogP contribution in [0.5, 0.6) is 5.75 Å². The number of carbonyl (C=O) groups excluding carboxylic acids is 1. The van der Waals surface area contributed by atoms with Crippen molar-refractivity contribution in [2.45, 2.75) is 25.4 Å². The highest BCUT2D eigenvalue weighted by atomic mass is 19.1. The lowest BCUT2D eigenvalue weighted by atomic mass is 9.75. The maximum atomic E-state index is 13.6. The van der Waals surface area contributed by atoms with E-state index in [4.69, 9.17) is 4.74 Å². The standard InChI is InChI=1S/C28H33FN6O2/c1-37-27-5-3-2-4-26(27)32-12-14-33(15-13-32)28(36)24-18-34-11-10-21(24)16-23(34)17-35-19-25(30-31-35)20-6-8-22(29)9-7-20/h2-9,19,21,23-24H,10-18H2,1H3/p+1/t21-,23+,24-/m0/s1. The number of halogens is 1. The average molecular weight is 506 g/mol. The van der Waals surface area contributed by atoms with Crippen molar-refractivity contribution in [3.05, 3.63) is 60.5 Å². The van der Waals surface area contributed by atoms with Gasteiger partial charge >= 0.3 is 0 Å². The predicted molar refractivity (Wildman–Crippen MR) is 138 cm³/mol. The summed E-state index contributed by atoms with van der Waals surface area (Å²) in [6.07, 6.45) is 4.10. The number of amides is 1. The zero-order chi connectivity index (χ0) is 25.4. The molecule has 7 rings (SSSR count). The molecular weight excluding hydrogens is 471 g/mol. The first-order valence-corrected chi connectivity index (χ1v) is 13.3. The van der Waals surface area contributed by atoms with Gasteiger partial charge in [-0.3, -0.25) is 4.79 Å². The number of hydrogen-bond donors (Lipinski definition) is 1. The molecule has 4 saturated heterocycles. The Hall–Kier alpha value is -3.46. The Labute approximate surface area is 216 Å². The summed E-state index contributed by atoms with van der Waals surface area (Å²) in [5, 5.41) is 8.63. The SMILES string of the molecule is COc1ccccc1N1CCN(C(=O)[C@H]2C[NH+]3CC[C@H]2C[C@@H]3Cn2cc(-c3ccc(F)cc3)nn2)CC1. The number of fused-ring (bicyclic) bond motifs is 3. The second-order valence-electron chi connectivity index (χ2n) is 10.5. The van der Waals surface area contributed by atoms with Crippen LogP contribution in [0.1, 0.15) is 12.8 Å². The smallest absolute Gasteiger partial charge is 0.231 e. The number of benzene rings is 2. The van der Waals surface area contributed by atoms with Crippen molar-refractivity contribution in [3.63, 3.8) is 0 Å². The quantitative estimate of drug-likeness (QED) is 0.553. The van der Waals surface area contributed by atoms with Gasteiger partial charge < -0.3 is 19.4 Å². The molecule has 8 nitrogen and oxygen atoms in total. The van der Waals surface area contributed by atoms with Gasteiger partial charge in [-0.05, 0) is 42.3 Å². The van der Waals surface area contributed by atoms with Crippen LogP contribution < -0.4 is 14.5 Å². The van der Waals surface area contributed by atoms with Gasteiger partial charge in [0.1, 0.15) is 23.3 Å². The molecule has 0 radical (unpaired) electrons. The molecule has 1 unspecified atom stereocenters. The van der Waals surface area contributed by atoms with Crippen LogP contribution in [0, 0.1) is 17.7 Å². The molecule has 4 aliphatic rings. The van der Waals surface area contributed by atoms with Crippen LogP contribution in [0.25, 0.3) is 11.3 Å². The molecule has 194 valence electrons. The third kappa shape index (κ3) is 4.80. The van der Waals surface area contributed by atoms with Crippen LogP contribution >= 0.6 is 0 Å². The van der Waals surface area contributed by atoms with Gasteiger partial charge in [-0.15, -0.1) is 5.10 Å². The van der Waals surface area contributed by atoms with Gasteiger partial charge in [0.05, 0.1) is 44.5 Å². The average Bonchev–Trinajstić information content (AvgIpc) is 3.42. The molecule has 37 heavy (non-hydrogen) atoms. The van der Waals surface area contributed by atoms with E-state index in [0.717, 1.165) is 81.3 Å². The first kappa shape index (κ1) is 23.9. The molecule has 0 spiro atoms. The van der Waals surface area contributed by atoms with E-state index in [2.05, 4.69) is 26.2 Å². The van der Waals surface area contributed by atoms with E-state index in [1.807, 2.05) is 29.1 Å². The van der Waals surface area contributed by atoms with E-state index in [0.29, 0.717) is 17.9 Å². The lowest BCUT2D eigenvalue weighted by molar-refractivity contribution is -0.945. The Morgan fingerprint density at radius 1 is 1.11 bits per heavy atom. The molecule has 2 aromatic carbocycles. The molecule has 5 heterocycles. The third-order valence-corrected chi connectivity index (χ3v) is 8.47. The van der Waals surface area contributed by atoms with Crippen molar-refractivity contribution in [2.75, 3.05) is 51.3 Å². The number of piperazine rings is 1. The molecule has 3 aromatic rings. The van der Waals surface area contributed by atoms with E-state index in [1.54, 1.807) is 19.2 Å². The van der Waals surface area contributed by atoms with Gasteiger partial charge in [0.15, 0.2) is 0 Å². The molecule has 2 bridgehead atoms. The maximum Gasteiger partial charge on any atom is 0.231 e. The highest BCUT2D eigenvalue weighted by Crippen LogP contribution is 2.31. The Morgan fingerprint density at radius 2 is 1.89 bits per heavy atom. The Bertz CT molecular complexity index is 1240. The highest BCUT2D eigenvalue weighted by Gasteiger charge is 2.48. The third-order valence-electron chi connectivity index (χ3n) is 8.47. The van der Waals surface area contributed by atoms with Crippen molar-refractivity contribution < 1.29 is 18.8 Å². The van der Waals surface area contributed by atoms with E-state index >= 15 is 0 Å². The summed E-state index contributed by atoms with van der Waals surface area (Å²) in [5.41, 5.74) is 2.72. The number of carbonyl (C=O) groups is 1. The molecule has 4 aliphatic heterocycles. The number of quaternary nitrogens is 1.